The minimum atomic E-state index is -0.418. The molecule has 0 aromatic carbocycles. The predicted molar refractivity (Wildman–Crippen MR) is 59.4 cm³/mol. The number of amides is 1. The molecule has 1 rings (SSSR count). The maximum absolute atomic E-state index is 11.5. The highest BCUT2D eigenvalue weighted by Crippen LogP contribution is 2.20. The van der Waals surface area contributed by atoms with Crippen LogP contribution in [0.1, 0.15) is 33.1 Å². The van der Waals surface area contributed by atoms with Gasteiger partial charge in [0.25, 0.3) is 0 Å². The minimum Gasteiger partial charge on any atom is -0.381 e. The van der Waals surface area contributed by atoms with Crippen molar-refractivity contribution >= 4 is 5.91 Å². The Hall–Kier alpha value is -0.610. The average Bonchev–Trinajstić information content (AvgIpc) is 2.26. The van der Waals surface area contributed by atoms with E-state index in [1.165, 1.54) is 0 Å². The largest absolute Gasteiger partial charge is 0.381 e. The fraction of sp³-hybridized carbons (Fsp3) is 0.909. The molecule has 1 aliphatic rings. The number of carbonyl (C=O) groups is 1. The molecule has 0 aromatic rings. The number of rotatable bonds is 4. The zero-order chi connectivity index (χ0) is 11.3. The van der Waals surface area contributed by atoms with Crippen molar-refractivity contribution in [2.24, 2.45) is 11.7 Å². The summed E-state index contributed by atoms with van der Waals surface area (Å²) in [7, 11) is 0. The topological polar surface area (TPSA) is 64.4 Å². The molecule has 1 fully saturated rings. The van der Waals surface area contributed by atoms with Gasteiger partial charge in [0.15, 0.2) is 0 Å². The van der Waals surface area contributed by atoms with E-state index >= 15 is 0 Å². The summed E-state index contributed by atoms with van der Waals surface area (Å²) in [6.45, 7) is 5.44. The van der Waals surface area contributed by atoms with Crippen molar-refractivity contribution in [3.05, 3.63) is 0 Å². The zero-order valence-corrected chi connectivity index (χ0v) is 9.66. The lowest BCUT2D eigenvalue weighted by molar-refractivity contribution is -0.123. The summed E-state index contributed by atoms with van der Waals surface area (Å²) in [4.78, 5) is 11.5. The maximum atomic E-state index is 11.5. The molecule has 0 radical (unpaired) electrons. The van der Waals surface area contributed by atoms with Crippen LogP contribution >= 0.6 is 0 Å². The zero-order valence-electron chi connectivity index (χ0n) is 9.66. The SMILES string of the molecule is CCC(NC(=O)[C@@H](C)N)C1CCOCC1. The van der Waals surface area contributed by atoms with E-state index < -0.39 is 6.04 Å². The molecule has 1 unspecified atom stereocenters. The second kappa shape index (κ2) is 6.08. The predicted octanol–water partition coefficient (Wildman–Crippen LogP) is 0.655. The first kappa shape index (κ1) is 12.5. The normalized spacial score (nSPS) is 22.1. The van der Waals surface area contributed by atoms with Gasteiger partial charge in [0.1, 0.15) is 0 Å². The van der Waals surface area contributed by atoms with E-state index in [4.69, 9.17) is 10.5 Å². The molecule has 0 bridgehead atoms. The van der Waals surface area contributed by atoms with Gasteiger partial charge in [-0.05, 0) is 32.1 Å². The molecule has 1 aliphatic heterocycles. The van der Waals surface area contributed by atoms with E-state index in [-0.39, 0.29) is 11.9 Å². The Labute approximate surface area is 91.5 Å². The number of nitrogens with one attached hydrogen (secondary N) is 1. The van der Waals surface area contributed by atoms with Crippen molar-refractivity contribution in [2.45, 2.75) is 45.2 Å². The van der Waals surface area contributed by atoms with Crippen LogP contribution in [0.15, 0.2) is 0 Å². The molecular weight excluding hydrogens is 192 g/mol. The molecule has 1 saturated heterocycles. The summed E-state index contributed by atoms with van der Waals surface area (Å²) in [5.74, 6) is 0.500. The third-order valence-corrected chi connectivity index (χ3v) is 3.02. The number of hydrogen-bond acceptors (Lipinski definition) is 3. The molecule has 0 aromatic heterocycles. The van der Waals surface area contributed by atoms with Crippen molar-refractivity contribution < 1.29 is 9.53 Å². The fourth-order valence-corrected chi connectivity index (χ4v) is 1.99. The summed E-state index contributed by atoms with van der Waals surface area (Å²) < 4.78 is 5.31. The first-order chi connectivity index (χ1) is 7.15. The van der Waals surface area contributed by atoms with Gasteiger partial charge in [-0.15, -0.1) is 0 Å². The van der Waals surface area contributed by atoms with Crippen LogP contribution < -0.4 is 11.1 Å². The Morgan fingerprint density at radius 2 is 2.13 bits per heavy atom. The van der Waals surface area contributed by atoms with E-state index in [0.29, 0.717) is 5.92 Å². The first-order valence-electron chi connectivity index (χ1n) is 5.78. The average molecular weight is 214 g/mol. The quantitative estimate of drug-likeness (QED) is 0.722. The first-order valence-corrected chi connectivity index (χ1v) is 5.78. The Morgan fingerprint density at radius 1 is 1.53 bits per heavy atom. The van der Waals surface area contributed by atoms with Crippen molar-refractivity contribution in [3.63, 3.8) is 0 Å². The lowest BCUT2D eigenvalue weighted by atomic mass is 9.90. The van der Waals surface area contributed by atoms with Crippen LogP contribution in [-0.4, -0.2) is 31.2 Å². The van der Waals surface area contributed by atoms with E-state index in [0.717, 1.165) is 32.5 Å². The molecule has 4 nitrogen and oxygen atoms in total. The summed E-state index contributed by atoms with van der Waals surface area (Å²) in [5, 5.41) is 3.02. The van der Waals surface area contributed by atoms with E-state index in [1.807, 2.05) is 0 Å². The lowest BCUT2D eigenvalue weighted by Crippen LogP contribution is -2.47. The smallest absolute Gasteiger partial charge is 0.236 e. The van der Waals surface area contributed by atoms with Crippen LogP contribution in [0.25, 0.3) is 0 Å². The number of ether oxygens (including phenoxy) is 1. The molecule has 88 valence electrons. The van der Waals surface area contributed by atoms with E-state index in [2.05, 4.69) is 12.2 Å². The Balaban J connectivity index is 2.43. The van der Waals surface area contributed by atoms with E-state index in [9.17, 15) is 4.79 Å². The molecule has 1 amide bonds. The molecule has 4 heteroatoms. The molecule has 2 atom stereocenters. The molecule has 1 heterocycles. The van der Waals surface area contributed by atoms with Gasteiger partial charge in [-0.3, -0.25) is 4.79 Å². The Morgan fingerprint density at radius 3 is 2.60 bits per heavy atom. The van der Waals surface area contributed by atoms with Crippen LogP contribution in [0.2, 0.25) is 0 Å². The fourth-order valence-electron chi connectivity index (χ4n) is 1.99. The third kappa shape index (κ3) is 3.80. The number of nitrogens with two attached hydrogens (primary N) is 1. The van der Waals surface area contributed by atoms with Crippen molar-refractivity contribution in [1.82, 2.24) is 5.32 Å². The highest BCUT2D eigenvalue weighted by atomic mass is 16.5. The molecule has 15 heavy (non-hydrogen) atoms. The van der Waals surface area contributed by atoms with Gasteiger partial charge >= 0.3 is 0 Å². The minimum absolute atomic E-state index is 0.0478. The van der Waals surface area contributed by atoms with Gasteiger partial charge in [0, 0.05) is 19.3 Å². The van der Waals surface area contributed by atoms with Gasteiger partial charge in [-0.1, -0.05) is 6.92 Å². The number of hydrogen-bond donors (Lipinski definition) is 2. The number of carbonyl (C=O) groups excluding carboxylic acids is 1. The monoisotopic (exact) mass is 214 g/mol. The van der Waals surface area contributed by atoms with Crippen molar-refractivity contribution in [2.75, 3.05) is 13.2 Å². The maximum Gasteiger partial charge on any atom is 0.236 e. The van der Waals surface area contributed by atoms with E-state index in [1.54, 1.807) is 6.92 Å². The summed E-state index contributed by atoms with van der Waals surface area (Å²) in [6.07, 6.45) is 3.04. The van der Waals surface area contributed by atoms with Gasteiger partial charge in [0.2, 0.25) is 5.91 Å². The summed E-state index contributed by atoms with van der Waals surface area (Å²) in [6, 6.07) is -0.161. The Bertz CT molecular complexity index is 201. The van der Waals surface area contributed by atoms with Crippen LogP contribution in [0.3, 0.4) is 0 Å². The Kier molecular flexibility index (Phi) is 5.05. The summed E-state index contributed by atoms with van der Waals surface area (Å²) >= 11 is 0. The highest BCUT2D eigenvalue weighted by molar-refractivity contribution is 5.81. The highest BCUT2D eigenvalue weighted by Gasteiger charge is 2.24. The van der Waals surface area contributed by atoms with Crippen LogP contribution in [-0.2, 0) is 9.53 Å². The second-order valence-corrected chi connectivity index (χ2v) is 4.26. The molecular formula is C11H22N2O2. The van der Waals surface area contributed by atoms with Gasteiger partial charge < -0.3 is 15.8 Å². The summed E-state index contributed by atoms with van der Waals surface area (Å²) in [5.41, 5.74) is 5.53. The standard InChI is InChI=1S/C11H22N2O2/c1-3-10(13-11(14)8(2)12)9-4-6-15-7-5-9/h8-10H,3-7,12H2,1-2H3,(H,13,14)/t8-,10?/m1/s1. The third-order valence-electron chi connectivity index (χ3n) is 3.02. The van der Waals surface area contributed by atoms with Crippen LogP contribution in [0.4, 0.5) is 0 Å². The van der Waals surface area contributed by atoms with Gasteiger partial charge in [-0.2, -0.15) is 0 Å². The second-order valence-electron chi connectivity index (χ2n) is 4.26. The van der Waals surface area contributed by atoms with Crippen molar-refractivity contribution in [1.29, 1.82) is 0 Å². The lowest BCUT2D eigenvalue weighted by Gasteiger charge is -2.30. The molecule has 3 N–H and O–H groups in total. The van der Waals surface area contributed by atoms with Crippen LogP contribution in [0.5, 0.6) is 0 Å². The molecule has 0 aliphatic carbocycles. The van der Waals surface area contributed by atoms with Crippen LogP contribution in [0, 0.1) is 5.92 Å². The van der Waals surface area contributed by atoms with Crippen molar-refractivity contribution in [3.8, 4) is 0 Å². The molecule has 0 saturated carbocycles. The van der Waals surface area contributed by atoms with Gasteiger partial charge in [0.05, 0.1) is 6.04 Å². The van der Waals surface area contributed by atoms with Gasteiger partial charge in [-0.25, -0.2) is 0 Å². The molecule has 0 spiro atoms.